The summed E-state index contributed by atoms with van der Waals surface area (Å²) in [6.07, 6.45) is -2.51. The number of benzene rings is 5. The summed E-state index contributed by atoms with van der Waals surface area (Å²) >= 11 is 0. The molecule has 1 atom stereocenters. The van der Waals surface area contributed by atoms with Crippen LogP contribution in [0.5, 0.6) is 0 Å². The van der Waals surface area contributed by atoms with E-state index >= 15 is 0 Å². The molecule has 0 radical (unpaired) electrons. The average molecular weight is 633 g/mol. The monoisotopic (exact) mass is 632 g/mol. The first kappa shape index (κ1) is 31.8. The maximum absolute atomic E-state index is 13.5. The second-order valence-electron chi connectivity index (χ2n) is 12.0. The van der Waals surface area contributed by atoms with E-state index in [1.54, 1.807) is 24.3 Å². The number of ketones is 1. The van der Waals surface area contributed by atoms with Crippen LogP contribution in [0.25, 0.3) is 11.1 Å². The van der Waals surface area contributed by atoms with E-state index in [0.717, 1.165) is 60.6 Å². The van der Waals surface area contributed by atoms with Gasteiger partial charge in [0, 0.05) is 36.4 Å². The minimum atomic E-state index is -4.42. The molecule has 1 heterocycles. The second-order valence-corrected chi connectivity index (χ2v) is 12.0. The van der Waals surface area contributed by atoms with Gasteiger partial charge in [-0.3, -0.25) is 9.59 Å². The van der Waals surface area contributed by atoms with Crippen molar-refractivity contribution in [3.8, 4) is 11.1 Å². The van der Waals surface area contributed by atoms with Gasteiger partial charge in [0.2, 0.25) is 5.91 Å². The lowest BCUT2D eigenvalue weighted by molar-refractivity contribution is -0.137. The minimum absolute atomic E-state index is 0.00904. The topological polar surface area (TPSA) is 49.4 Å². The number of nitrogens with zero attached hydrogens (tertiary/aromatic N) is 1. The molecular weight excluding hydrogens is 597 g/mol. The first-order chi connectivity index (χ1) is 22.8. The van der Waals surface area contributed by atoms with Crippen LogP contribution < -0.4 is 10.2 Å². The van der Waals surface area contributed by atoms with Crippen LogP contribution in [0.4, 0.5) is 24.5 Å². The molecule has 0 spiro atoms. The Morgan fingerprint density at radius 2 is 1.32 bits per heavy atom. The number of alkyl halides is 3. The molecule has 5 aromatic rings. The standard InChI is InChI=1S/C40H35F3N2O2/c41-40(42,43)32-19-17-29(18-20-32)35-13-7-8-14-36(35)37(46)27-28-15-21-34(22-16-28)45-25-23-31(24-26-45)38(30-9-3-1-4-10-30)39(47)44-33-11-5-2-6-12-33/h1-22,31,38H,23-27H2,(H,44,47). The zero-order chi connectivity index (χ0) is 32.8. The van der Waals surface area contributed by atoms with Crippen LogP contribution in [0.15, 0.2) is 133 Å². The van der Waals surface area contributed by atoms with E-state index in [1.807, 2.05) is 84.9 Å². The number of hydrogen-bond acceptors (Lipinski definition) is 3. The Morgan fingerprint density at radius 1 is 0.723 bits per heavy atom. The number of piperidine rings is 1. The number of hydrogen-bond donors (Lipinski definition) is 1. The van der Waals surface area contributed by atoms with Crippen molar-refractivity contribution in [3.05, 3.63) is 156 Å². The number of Topliss-reactive ketones (excluding diaryl/α,β-unsaturated/α-hetero) is 1. The molecule has 0 bridgehead atoms. The maximum Gasteiger partial charge on any atom is 0.416 e. The smallest absolute Gasteiger partial charge is 0.372 e. The Balaban J connectivity index is 1.10. The summed E-state index contributed by atoms with van der Waals surface area (Å²) < 4.78 is 39.2. The molecule has 0 saturated carbocycles. The lowest BCUT2D eigenvalue weighted by Crippen LogP contribution is -2.38. The Kier molecular flexibility index (Phi) is 9.52. The van der Waals surface area contributed by atoms with Gasteiger partial charge in [0.1, 0.15) is 0 Å². The van der Waals surface area contributed by atoms with Crippen molar-refractivity contribution in [1.29, 1.82) is 0 Å². The molecule has 4 nitrogen and oxygen atoms in total. The van der Waals surface area contributed by atoms with Crippen LogP contribution in [0.2, 0.25) is 0 Å². The molecule has 7 heteroatoms. The Hall–Kier alpha value is -5.17. The summed E-state index contributed by atoms with van der Waals surface area (Å²) in [5.41, 5.74) is 4.66. The fraction of sp³-hybridized carbons (Fsp3) is 0.200. The van der Waals surface area contributed by atoms with E-state index in [2.05, 4.69) is 10.2 Å². The highest BCUT2D eigenvalue weighted by Crippen LogP contribution is 2.36. The van der Waals surface area contributed by atoms with Crippen LogP contribution in [0, 0.1) is 5.92 Å². The van der Waals surface area contributed by atoms with Crippen molar-refractivity contribution in [3.63, 3.8) is 0 Å². The predicted molar refractivity (Wildman–Crippen MR) is 181 cm³/mol. The highest BCUT2D eigenvalue weighted by molar-refractivity contribution is 6.03. The second kappa shape index (κ2) is 14.1. The summed E-state index contributed by atoms with van der Waals surface area (Å²) in [4.78, 5) is 29.3. The van der Waals surface area contributed by atoms with Gasteiger partial charge in [0.15, 0.2) is 5.78 Å². The van der Waals surface area contributed by atoms with Gasteiger partial charge in [-0.2, -0.15) is 13.2 Å². The van der Waals surface area contributed by atoms with Gasteiger partial charge in [-0.25, -0.2) is 0 Å². The summed E-state index contributed by atoms with van der Waals surface area (Å²) in [5, 5.41) is 3.11. The molecular formula is C40H35F3N2O2. The normalized spacial score (nSPS) is 14.4. The number of carbonyl (C=O) groups is 2. The van der Waals surface area contributed by atoms with Crippen molar-refractivity contribution in [2.45, 2.75) is 31.4 Å². The average Bonchev–Trinajstić information content (AvgIpc) is 3.10. The number of halogens is 3. The lowest BCUT2D eigenvalue weighted by Gasteiger charge is -2.37. The molecule has 1 aliphatic rings. The van der Waals surface area contributed by atoms with Crippen LogP contribution in [0.1, 0.15) is 45.8 Å². The Morgan fingerprint density at radius 3 is 1.96 bits per heavy atom. The summed E-state index contributed by atoms with van der Waals surface area (Å²) in [7, 11) is 0. The van der Waals surface area contributed by atoms with Gasteiger partial charge in [-0.15, -0.1) is 0 Å². The Bertz CT molecular complexity index is 1800. The molecule has 0 aliphatic carbocycles. The van der Waals surface area contributed by atoms with Crippen molar-refractivity contribution in [1.82, 2.24) is 0 Å². The van der Waals surface area contributed by atoms with Crippen molar-refractivity contribution in [2.24, 2.45) is 5.92 Å². The maximum atomic E-state index is 13.5. The number of anilines is 2. The zero-order valence-corrected chi connectivity index (χ0v) is 25.8. The van der Waals surface area contributed by atoms with E-state index < -0.39 is 11.7 Å². The molecule has 1 fully saturated rings. The third-order valence-corrected chi connectivity index (χ3v) is 8.91. The quantitative estimate of drug-likeness (QED) is 0.165. The Labute approximate surface area is 272 Å². The van der Waals surface area contributed by atoms with E-state index in [-0.39, 0.29) is 29.9 Å². The van der Waals surface area contributed by atoms with Crippen LogP contribution in [0.3, 0.4) is 0 Å². The number of para-hydroxylation sites is 1. The van der Waals surface area contributed by atoms with Crippen LogP contribution >= 0.6 is 0 Å². The molecule has 1 amide bonds. The van der Waals surface area contributed by atoms with Crippen LogP contribution in [-0.4, -0.2) is 24.8 Å². The van der Waals surface area contributed by atoms with Gasteiger partial charge in [0.05, 0.1) is 11.5 Å². The zero-order valence-electron chi connectivity index (χ0n) is 25.8. The first-order valence-corrected chi connectivity index (χ1v) is 15.8. The van der Waals surface area contributed by atoms with E-state index in [1.165, 1.54) is 12.1 Å². The predicted octanol–water partition coefficient (Wildman–Crippen LogP) is 9.44. The molecule has 5 aromatic carbocycles. The van der Waals surface area contributed by atoms with Gasteiger partial charge < -0.3 is 10.2 Å². The summed E-state index contributed by atoms with van der Waals surface area (Å²) in [6, 6.07) is 39.4. The van der Waals surface area contributed by atoms with Crippen molar-refractivity contribution in [2.75, 3.05) is 23.3 Å². The highest BCUT2D eigenvalue weighted by Gasteiger charge is 2.33. The van der Waals surface area contributed by atoms with E-state index in [9.17, 15) is 22.8 Å². The van der Waals surface area contributed by atoms with E-state index in [0.29, 0.717) is 16.7 Å². The van der Waals surface area contributed by atoms with Gasteiger partial charge >= 0.3 is 6.18 Å². The first-order valence-electron chi connectivity index (χ1n) is 15.8. The molecule has 238 valence electrons. The number of amides is 1. The third-order valence-electron chi connectivity index (χ3n) is 8.91. The summed E-state index contributed by atoms with van der Waals surface area (Å²) in [6.45, 7) is 1.62. The fourth-order valence-electron chi connectivity index (χ4n) is 6.45. The van der Waals surface area contributed by atoms with Crippen molar-refractivity contribution >= 4 is 23.1 Å². The minimum Gasteiger partial charge on any atom is -0.372 e. The lowest BCUT2D eigenvalue weighted by atomic mass is 9.79. The molecule has 47 heavy (non-hydrogen) atoms. The van der Waals surface area contributed by atoms with Gasteiger partial charge in [-0.05, 0) is 77.4 Å². The molecule has 6 rings (SSSR count). The van der Waals surface area contributed by atoms with Crippen LogP contribution in [-0.2, 0) is 17.4 Å². The van der Waals surface area contributed by atoms with Gasteiger partial charge in [-0.1, -0.05) is 97.1 Å². The molecule has 0 aromatic heterocycles. The van der Waals surface area contributed by atoms with Gasteiger partial charge in [0.25, 0.3) is 0 Å². The number of rotatable bonds is 9. The van der Waals surface area contributed by atoms with E-state index in [4.69, 9.17) is 0 Å². The molecule has 1 saturated heterocycles. The largest absolute Gasteiger partial charge is 0.416 e. The SMILES string of the molecule is O=C(Cc1ccc(N2CCC(C(C(=O)Nc3ccccc3)c3ccccc3)CC2)cc1)c1ccccc1-c1ccc(C(F)(F)F)cc1. The number of nitrogens with one attached hydrogen (secondary N) is 1. The molecule has 1 aliphatic heterocycles. The van der Waals surface area contributed by atoms with Crippen molar-refractivity contribution < 1.29 is 22.8 Å². The molecule has 1 unspecified atom stereocenters. The third kappa shape index (κ3) is 7.63. The summed E-state index contributed by atoms with van der Waals surface area (Å²) in [5.74, 6) is -0.152. The highest BCUT2D eigenvalue weighted by atomic mass is 19.4. The number of carbonyl (C=O) groups excluding carboxylic acids is 2. The molecule has 1 N–H and O–H groups in total. The fourth-order valence-corrected chi connectivity index (χ4v) is 6.45.